The summed E-state index contributed by atoms with van der Waals surface area (Å²) in [5, 5.41) is 2.99. The van der Waals surface area contributed by atoms with Crippen LogP contribution in [0.4, 0.5) is 4.39 Å². The van der Waals surface area contributed by atoms with Gasteiger partial charge in [-0.25, -0.2) is 4.39 Å². The molecule has 1 aliphatic heterocycles. The Morgan fingerprint density at radius 2 is 1.86 bits per heavy atom. The number of amides is 2. The van der Waals surface area contributed by atoms with Crippen molar-refractivity contribution in [3.63, 3.8) is 0 Å². The van der Waals surface area contributed by atoms with Crippen molar-refractivity contribution in [2.75, 3.05) is 32.9 Å². The van der Waals surface area contributed by atoms with E-state index < -0.39 is 6.04 Å². The van der Waals surface area contributed by atoms with E-state index in [4.69, 9.17) is 0 Å². The minimum absolute atomic E-state index is 0.0162. The fraction of sp³-hybridized carbons (Fsp3) is 0.619. The van der Waals surface area contributed by atoms with Crippen LogP contribution in [0.3, 0.4) is 0 Å². The van der Waals surface area contributed by atoms with Gasteiger partial charge in [0.1, 0.15) is 11.9 Å². The van der Waals surface area contributed by atoms with Crippen molar-refractivity contribution in [3.8, 4) is 0 Å². The van der Waals surface area contributed by atoms with Crippen molar-refractivity contribution in [2.45, 2.75) is 43.5 Å². The molecule has 0 bridgehead atoms. The highest BCUT2D eigenvalue weighted by Gasteiger charge is 2.45. The van der Waals surface area contributed by atoms with E-state index in [2.05, 4.69) is 5.32 Å². The van der Waals surface area contributed by atoms with Gasteiger partial charge in [0.15, 0.2) is 0 Å². The molecule has 1 heterocycles. The fourth-order valence-electron chi connectivity index (χ4n) is 4.03. The molecule has 1 aromatic rings. The summed E-state index contributed by atoms with van der Waals surface area (Å²) < 4.78 is 13.3. The predicted octanol–water partition coefficient (Wildman–Crippen LogP) is 2.97. The zero-order chi connectivity index (χ0) is 20.1. The number of halogens is 1. The standard InChI is InChI=1S/C21H30FN3O2S/c1-24(2)13-12-23-19(26)18-14-28-21(16-6-4-3-5-7-16)25(18)20(27)15-8-10-17(22)11-9-15/h8-11,16,18,21H,3-7,12-14H2,1-2H3,(H,23,26). The summed E-state index contributed by atoms with van der Waals surface area (Å²) in [5.41, 5.74) is 0.441. The average Bonchev–Trinajstić information content (AvgIpc) is 3.13. The van der Waals surface area contributed by atoms with E-state index in [1.54, 1.807) is 16.7 Å². The monoisotopic (exact) mass is 407 g/mol. The van der Waals surface area contributed by atoms with Crippen LogP contribution < -0.4 is 5.32 Å². The Labute approximate surface area is 171 Å². The number of rotatable bonds is 6. The Hall–Kier alpha value is -1.60. The number of hydrogen-bond donors (Lipinski definition) is 1. The maximum absolute atomic E-state index is 13.3. The van der Waals surface area contributed by atoms with E-state index in [0.717, 1.165) is 19.4 Å². The SMILES string of the molecule is CN(C)CCNC(=O)C1CSC(C2CCCCC2)N1C(=O)c1ccc(F)cc1. The first kappa shape index (κ1) is 21.1. The van der Waals surface area contributed by atoms with E-state index in [0.29, 0.717) is 23.8 Å². The van der Waals surface area contributed by atoms with Crippen molar-refractivity contribution in [1.29, 1.82) is 0 Å². The number of carbonyl (C=O) groups is 2. The summed E-state index contributed by atoms with van der Waals surface area (Å²) in [7, 11) is 3.92. The number of hydrogen-bond acceptors (Lipinski definition) is 4. The second-order valence-corrected chi connectivity index (χ2v) is 9.10. The number of nitrogens with one attached hydrogen (secondary N) is 1. The molecule has 1 aliphatic carbocycles. The van der Waals surface area contributed by atoms with Gasteiger partial charge in [-0.15, -0.1) is 11.8 Å². The van der Waals surface area contributed by atoms with Crippen molar-refractivity contribution in [2.24, 2.45) is 5.92 Å². The van der Waals surface area contributed by atoms with Crippen LogP contribution in [-0.4, -0.2) is 66.0 Å². The first-order valence-corrected chi connectivity index (χ1v) is 11.1. The molecular weight excluding hydrogens is 377 g/mol. The summed E-state index contributed by atoms with van der Waals surface area (Å²) in [6.45, 7) is 1.31. The number of likely N-dealkylation sites (N-methyl/N-ethyl adjacent to an activating group) is 1. The van der Waals surface area contributed by atoms with Crippen LogP contribution in [0.2, 0.25) is 0 Å². The van der Waals surface area contributed by atoms with E-state index in [9.17, 15) is 14.0 Å². The van der Waals surface area contributed by atoms with Crippen LogP contribution in [0.25, 0.3) is 0 Å². The van der Waals surface area contributed by atoms with Crippen molar-refractivity contribution in [3.05, 3.63) is 35.6 Å². The van der Waals surface area contributed by atoms with Gasteiger partial charge in [0.05, 0.1) is 5.37 Å². The summed E-state index contributed by atoms with van der Waals surface area (Å²) in [6.07, 6.45) is 5.80. The van der Waals surface area contributed by atoms with Crippen LogP contribution in [-0.2, 0) is 4.79 Å². The lowest BCUT2D eigenvalue weighted by Gasteiger charge is -2.35. The summed E-state index contributed by atoms with van der Waals surface area (Å²) in [5.74, 6) is 0.398. The lowest BCUT2D eigenvalue weighted by Crippen LogP contribution is -2.52. The first-order valence-electron chi connectivity index (χ1n) is 10.1. The van der Waals surface area contributed by atoms with E-state index >= 15 is 0 Å². The van der Waals surface area contributed by atoms with Gasteiger partial charge in [0.25, 0.3) is 5.91 Å². The normalized spacial score (nSPS) is 23.2. The van der Waals surface area contributed by atoms with E-state index in [-0.39, 0.29) is 23.0 Å². The average molecular weight is 408 g/mol. The highest BCUT2D eigenvalue weighted by Crippen LogP contribution is 2.41. The molecule has 0 aromatic heterocycles. The third-order valence-corrected chi connectivity index (χ3v) is 7.04. The Kier molecular flexibility index (Phi) is 7.35. The van der Waals surface area contributed by atoms with Crippen molar-refractivity contribution >= 4 is 23.6 Å². The van der Waals surface area contributed by atoms with Gasteiger partial charge in [-0.05, 0) is 57.1 Å². The van der Waals surface area contributed by atoms with Gasteiger partial charge in [-0.3, -0.25) is 9.59 Å². The molecule has 2 unspecified atom stereocenters. The van der Waals surface area contributed by atoms with Crippen LogP contribution in [0.5, 0.6) is 0 Å². The molecule has 154 valence electrons. The molecule has 2 atom stereocenters. The Bertz CT molecular complexity index is 677. The molecule has 1 aromatic carbocycles. The minimum atomic E-state index is -0.475. The van der Waals surface area contributed by atoms with Crippen LogP contribution >= 0.6 is 11.8 Å². The van der Waals surface area contributed by atoms with Gasteiger partial charge in [0, 0.05) is 24.4 Å². The second kappa shape index (κ2) is 9.74. The molecular formula is C21H30FN3O2S. The van der Waals surface area contributed by atoms with Gasteiger partial charge >= 0.3 is 0 Å². The lowest BCUT2D eigenvalue weighted by atomic mass is 9.88. The fourth-order valence-corrected chi connectivity index (χ4v) is 5.67. The molecule has 28 heavy (non-hydrogen) atoms. The van der Waals surface area contributed by atoms with Crippen LogP contribution in [0.1, 0.15) is 42.5 Å². The summed E-state index contributed by atoms with van der Waals surface area (Å²) >= 11 is 1.72. The minimum Gasteiger partial charge on any atom is -0.353 e. The van der Waals surface area contributed by atoms with Crippen LogP contribution in [0.15, 0.2) is 24.3 Å². The number of thioether (sulfide) groups is 1. The maximum Gasteiger partial charge on any atom is 0.255 e. The topological polar surface area (TPSA) is 52.7 Å². The molecule has 7 heteroatoms. The highest BCUT2D eigenvalue weighted by molar-refractivity contribution is 8.00. The predicted molar refractivity (Wildman–Crippen MR) is 111 cm³/mol. The zero-order valence-corrected chi connectivity index (χ0v) is 17.5. The number of nitrogens with zero attached hydrogens (tertiary/aromatic N) is 2. The Balaban J connectivity index is 1.78. The third kappa shape index (κ3) is 5.06. The number of carbonyl (C=O) groups excluding carboxylic acids is 2. The molecule has 0 spiro atoms. The molecule has 3 rings (SSSR count). The molecule has 1 N–H and O–H groups in total. The highest BCUT2D eigenvalue weighted by atomic mass is 32.2. The van der Waals surface area contributed by atoms with Crippen molar-refractivity contribution < 1.29 is 14.0 Å². The Morgan fingerprint density at radius 1 is 1.18 bits per heavy atom. The van der Waals surface area contributed by atoms with Gasteiger partial charge in [0.2, 0.25) is 5.91 Å². The quantitative estimate of drug-likeness (QED) is 0.788. The number of benzene rings is 1. The van der Waals surface area contributed by atoms with E-state index in [1.807, 2.05) is 19.0 Å². The third-order valence-electron chi connectivity index (χ3n) is 5.57. The smallest absolute Gasteiger partial charge is 0.255 e. The van der Waals surface area contributed by atoms with Gasteiger partial charge in [-0.2, -0.15) is 0 Å². The Morgan fingerprint density at radius 3 is 2.50 bits per heavy atom. The zero-order valence-electron chi connectivity index (χ0n) is 16.7. The van der Waals surface area contributed by atoms with Gasteiger partial charge in [-0.1, -0.05) is 19.3 Å². The molecule has 2 fully saturated rings. The van der Waals surface area contributed by atoms with Crippen LogP contribution in [0, 0.1) is 11.7 Å². The molecule has 1 saturated heterocycles. The summed E-state index contributed by atoms with van der Waals surface area (Å²) in [4.78, 5) is 30.0. The van der Waals surface area contributed by atoms with Crippen molar-refractivity contribution in [1.82, 2.24) is 15.1 Å². The first-order chi connectivity index (χ1) is 13.5. The van der Waals surface area contributed by atoms with Gasteiger partial charge < -0.3 is 15.1 Å². The molecule has 1 saturated carbocycles. The summed E-state index contributed by atoms with van der Waals surface area (Å²) in [6, 6.07) is 5.16. The largest absolute Gasteiger partial charge is 0.353 e. The lowest BCUT2D eigenvalue weighted by molar-refractivity contribution is -0.125. The molecule has 5 nitrogen and oxygen atoms in total. The molecule has 2 amide bonds. The van der Waals surface area contributed by atoms with E-state index in [1.165, 1.54) is 43.5 Å². The molecule has 0 radical (unpaired) electrons. The second-order valence-electron chi connectivity index (χ2n) is 7.95. The maximum atomic E-state index is 13.3. The molecule has 2 aliphatic rings.